The number of piperazine rings is 1. The Kier molecular flexibility index (Phi) is 7.32. The normalized spacial score (nSPS) is 19.4. The summed E-state index contributed by atoms with van der Waals surface area (Å²) >= 11 is 0. The lowest BCUT2D eigenvalue weighted by Gasteiger charge is -2.38. The molecular formula is C32H37N5O3. The fourth-order valence-corrected chi connectivity index (χ4v) is 6.31. The van der Waals surface area contributed by atoms with Crippen LogP contribution in [0.15, 0.2) is 61.2 Å². The molecule has 8 heteroatoms. The molecule has 0 bridgehead atoms. The summed E-state index contributed by atoms with van der Waals surface area (Å²) in [6.45, 7) is 12.5. The van der Waals surface area contributed by atoms with E-state index in [-0.39, 0.29) is 11.7 Å². The number of phenols is 1. The van der Waals surface area contributed by atoms with Crippen LogP contribution in [0, 0.1) is 5.92 Å². The second kappa shape index (κ2) is 11.2. The van der Waals surface area contributed by atoms with Gasteiger partial charge in [-0.3, -0.25) is 4.79 Å². The topological polar surface area (TPSA) is 82.0 Å². The molecule has 40 heavy (non-hydrogen) atoms. The maximum atomic E-state index is 12.2. The third-order valence-electron chi connectivity index (χ3n) is 8.42. The van der Waals surface area contributed by atoms with E-state index in [0.29, 0.717) is 51.3 Å². The summed E-state index contributed by atoms with van der Waals surface area (Å²) in [5.41, 5.74) is 4.40. The molecule has 1 saturated heterocycles. The van der Waals surface area contributed by atoms with Crippen LogP contribution in [0.2, 0.25) is 0 Å². The zero-order chi connectivity index (χ0) is 27.6. The van der Waals surface area contributed by atoms with Crippen LogP contribution in [-0.2, 0) is 17.8 Å². The first-order valence-electron chi connectivity index (χ1n) is 14.3. The molecule has 3 heterocycles. The highest BCUT2D eigenvalue weighted by Crippen LogP contribution is 2.36. The van der Waals surface area contributed by atoms with E-state index in [1.165, 1.54) is 11.6 Å². The molecule has 1 aromatic heterocycles. The lowest BCUT2D eigenvalue weighted by Crippen LogP contribution is -2.49. The number of phenolic OH excluding ortho intramolecular Hbond substituents is 1. The van der Waals surface area contributed by atoms with E-state index in [9.17, 15) is 9.90 Å². The summed E-state index contributed by atoms with van der Waals surface area (Å²) in [5, 5.41) is 12.6. The number of carbonyl (C=O) groups is 1. The van der Waals surface area contributed by atoms with Gasteiger partial charge in [0, 0.05) is 55.4 Å². The van der Waals surface area contributed by atoms with E-state index >= 15 is 0 Å². The molecule has 208 valence electrons. The Labute approximate surface area is 235 Å². The third-order valence-corrected chi connectivity index (χ3v) is 8.42. The van der Waals surface area contributed by atoms with Crippen molar-refractivity contribution in [1.29, 1.82) is 0 Å². The van der Waals surface area contributed by atoms with Gasteiger partial charge in [-0.05, 0) is 55.6 Å². The lowest BCUT2D eigenvalue weighted by atomic mass is 9.87. The van der Waals surface area contributed by atoms with Crippen LogP contribution in [0.1, 0.15) is 36.9 Å². The number of aromatic hydroxyl groups is 1. The van der Waals surface area contributed by atoms with Crippen LogP contribution >= 0.6 is 0 Å². The second-order valence-corrected chi connectivity index (χ2v) is 11.2. The molecule has 1 saturated carbocycles. The number of hydrogen-bond acceptors (Lipinski definition) is 7. The highest BCUT2D eigenvalue weighted by atomic mass is 16.5. The fourth-order valence-electron chi connectivity index (χ4n) is 6.31. The smallest absolute Gasteiger partial charge is 0.318 e. The minimum Gasteiger partial charge on any atom is -0.508 e. The van der Waals surface area contributed by atoms with Gasteiger partial charge in [0.1, 0.15) is 11.6 Å². The predicted molar refractivity (Wildman–Crippen MR) is 158 cm³/mol. The van der Waals surface area contributed by atoms with E-state index in [4.69, 9.17) is 14.7 Å². The van der Waals surface area contributed by atoms with Gasteiger partial charge in [0.15, 0.2) is 0 Å². The average molecular weight is 540 g/mol. The van der Waals surface area contributed by atoms with Crippen molar-refractivity contribution >= 4 is 28.2 Å². The van der Waals surface area contributed by atoms with Crippen molar-refractivity contribution < 1.29 is 14.6 Å². The van der Waals surface area contributed by atoms with Crippen LogP contribution in [-0.4, -0.2) is 65.2 Å². The summed E-state index contributed by atoms with van der Waals surface area (Å²) in [6.07, 6.45) is 6.56. The van der Waals surface area contributed by atoms with Crippen molar-refractivity contribution in [2.45, 2.75) is 38.6 Å². The first kappa shape index (κ1) is 26.2. The van der Waals surface area contributed by atoms with Gasteiger partial charge >= 0.3 is 6.01 Å². The molecule has 8 nitrogen and oxygen atoms in total. The number of nitrogens with zero attached hydrogens (tertiary/aromatic N) is 5. The van der Waals surface area contributed by atoms with Crippen molar-refractivity contribution in [3.63, 3.8) is 0 Å². The van der Waals surface area contributed by atoms with Gasteiger partial charge in [-0.25, -0.2) is 0 Å². The minimum atomic E-state index is -0.0311. The summed E-state index contributed by atoms with van der Waals surface area (Å²) in [7, 11) is 0. The van der Waals surface area contributed by atoms with Crippen LogP contribution in [0.5, 0.6) is 11.8 Å². The molecular weight excluding hydrogens is 502 g/mol. The Bertz CT molecular complexity index is 1450. The third kappa shape index (κ3) is 5.35. The van der Waals surface area contributed by atoms with Gasteiger partial charge in [0.05, 0.1) is 18.8 Å². The highest BCUT2D eigenvalue weighted by molar-refractivity contribution is 5.95. The number of amides is 1. The number of benzene rings is 2. The minimum absolute atomic E-state index is 0.0311. The molecule has 2 fully saturated rings. The van der Waals surface area contributed by atoms with E-state index < -0.39 is 0 Å². The van der Waals surface area contributed by atoms with Gasteiger partial charge in [0.2, 0.25) is 5.91 Å². The van der Waals surface area contributed by atoms with E-state index in [2.05, 4.69) is 29.0 Å². The van der Waals surface area contributed by atoms with E-state index in [0.717, 1.165) is 72.2 Å². The molecule has 3 aromatic rings. The molecule has 1 aliphatic carbocycles. The number of aromatic nitrogens is 2. The molecule has 6 rings (SSSR count). The molecule has 0 spiro atoms. The molecule has 2 aromatic carbocycles. The Morgan fingerprint density at radius 1 is 1.07 bits per heavy atom. The summed E-state index contributed by atoms with van der Waals surface area (Å²) in [5.74, 6) is 1.58. The number of anilines is 2. The summed E-state index contributed by atoms with van der Waals surface area (Å²) < 4.78 is 6.27. The highest BCUT2D eigenvalue weighted by Gasteiger charge is 2.29. The Balaban J connectivity index is 1.30. The Morgan fingerprint density at radius 3 is 2.70 bits per heavy atom. The summed E-state index contributed by atoms with van der Waals surface area (Å²) in [6, 6.07) is 12.2. The molecule has 1 amide bonds. The number of allylic oxidation sites excluding steroid dienone is 1. The number of ether oxygens (including phenoxy) is 1. The SMILES string of the molecule is C=CC(=O)N1CCN(c2nc(OC[C@@H]3CCCC(=C)C3)nc3c2CCN(c2cc(O)cc4ccccc24)C3)CC1. The predicted octanol–water partition coefficient (Wildman–Crippen LogP) is 4.86. The number of carbonyl (C=O) groups excluding carboxylic acids is 1. The molecule has 0 radical (unpaired) electrons. The van der Waals surface area contributed by atoms with E-state index in [1.54, 1.807) is 6.07 Å². The van der Waals surface area contributed by atoms with Crippen molar-refractivity contribution in [1.82, 2.24) is 14.9 Å². The molecule has 0 unspecified atom stereocenters. The molecule has 3 aliphatic rings. The zero-order valence-electron chi connectivity index (χ0n) is 23.0. The van der Waals surface area contributed by atoms with E-state index in [1.807, 2.05) is 29.2 Å². The summed E-state index contributed by atoms with van der Waals surface area (Å²) in [4.78, 5) is 28.4. The average Bonchev–Trinajstić information content (AvgIpc) is 2.98. The van der Waals surface area contributed by atoms with Crippen LogP contribution in [0.25, 0.3) is 10.8 Å². The van der Waals surface area contributed by atoms with Gasteiger partial charge in [-0.1, -0.05) is 43.0 Å². The van der Waals surface area contributed by atoms with Crippen LogP contribution in [0.3, 0.4) is 0 Å². The largest absolute Gasteiger partial charge is 0.508 e. The zero-order valence-corrected chi connectivity index (χ0v) is 23.0. The Hall–Kier alpha value is -4.07. The van der Waals surface area contributed by atoms with Crippen molar-refractivity contribution in [2.75, 3.05) is 49.1 Å². The quantitative estimate of drug-likeness (QED) is 0.354. The Morgan fingerprint density at radius 2 is 1.90 bits per heavy atom. The second-order valence-electron chi connectivity index (χ2n) is 11.2. The fraction of sp³-hybridized carbons (Fsp3) is 0.406. The molecule has 1 atom stereocenters. The van der Waals surface area contributed by atoms with Gasteiger partial charge in [0.25, 0.3) is 0 Å². The first-order chi connectivity index (χ1) is 19.5. The maximum Gasteiger partial charge on any atom is 0.318 e. The van der Waals surface area contributed by atoms with Gasteiger partial charge < -0.3 is 24.5 Å². The van der Waals surface area contributed by atoms with Crippen LogP contribution < -0.4 is 14.5 Å². The van der Waals surface area contributed by atoms with Crippen molar-refractivity contribution in [2.24, 2.45) is 5.92 Å². The molecule has 1 N–H and O–H groups in total. The maximum absolute atomic E-state index is 12.2. The lowest BCUT2D eigenvalue weighted by molar-refractivity contribution is -0.126. The first-order valence-corrected chi connectivity index (χ1v) is 14.3. The molecule has 2 aliphatic heterocycles. The standard InChI is InChI=1S/C32H37N5O3/c1-3-30(39)35-13-15-36(16-14-35)31-27-11-12-37(29-19-25(38)18-24-9-4-5-10-26(24)29)20-28(27)33-32(34-31)40-21-23-8-6-7-22(2)17-23/h3-5,9-10,18-19,23,38H,1-2,6-8,11-17,20-21H2/t23-/m1/s1. The number of fused-ring (bicyclic) bond motifs is 2. The van der Waals surface area contributed by atoms with Crippen molar-refractivity contribution in [3.05, 3.63) is 72.5 Å². The van der Waals surface area contributed by atoms with Crippen molar-refractivity contribution in [3.8, 4) is 11.8 Å². The van der Waals surface area contributed by atoms with Gasteiger partial charge in [-0.15, -0.1) is 0 Å². The number of rotatable bonds is 6. The van der Waals surface area contributed by atoms with Gasteiger partial charge in [-0.2, -0.15) is 9.97 Å². The monoisotopic (exact) mass is 539 g/mol. The van der Waals surface area contributed by atoms with Crippen LogP contribution in [0.4, 0.5) is 11.5 Å². The number of hydrogen-bond donors (Lipinski definition) is 1.